The molecule has 0 unspecified atom stereocenters. The molecule has 10 nitrogen and oxygen atoms in total. The molecule has 1 aromatic rings. The Morgan fingerprint density at radius 1 is 1.03 bits per heavy atom. The van der Waals surface area contributed by atoms with E-state index in [1.165, 1.54) is 14.2 Å². The highest BCUT2D eigenvalue weighted by Crippen LogP contribution is 2.30. The van der Waals surface area contributed by atoms with Crippen molar-refractivity contribution >= 4 is 22.0 Å². The van der Waals surface area contributed by atoms with Crippen LogP contribution >= 0.6 is 0 Å². The Labute approximate surface area is 213 Å². The summed E-state index contributed by atoms with van der Waals surface area (Å²) < 4.78 is 28.7. The maximum Gasteiger partial charge on any atom is 0.282 e. The van der Waals surface area contributed by atoms with Gasteiger partial charge in [0.1, 0.15) is 6.04 Å². The number of hydrogen-bond donors (Lipinski definition) is 1. The molecule has 5 rings (SSSR count). The molecule has 0 bridgehead atoms. The van der Waals surface area contributed by atoms with Crippen molar-refractivity contribution in [2.75, 3.05) is 46.3 Å². The summed E-state index contributed by atoms with van der Waals surface area (Å²) in [5.74, 6) is -0.995. The van der Waals surface area contributed by atoms with Crippen molar-refractivity contribution in [3.05, 3.63) is 35.4 Å². The number of benzene rings is 1. The zero-order valence-electron chi connectivity index (χ0n) is 20.7. The number of nitriles is 1. The number of fused-ring (bicyclic) bond motifs is 1. The Balaban J connectivity index is 1.24. The predicted molar refractivity (Wildman–Crippen MR) is 132 cm³/mol. The van der Waals surface area contributed by atoms with E-state index >= 15 is 0 Å². The molecule has 1 N–H and O–H groups in total. The third-order valence-corrected chi connectivity index (χ3v) is 9.87. The molecule has 36 heavy (non-hydrogen) atoms. The van der Waals surface area contributed by atoms with Crippen molar-refractivity contribution in [1.82, 2.24) is 23.7 Å². The fraction of sp³-hybridized carbons (Fsp3) is 0.640. The lowest BCUT2D eigenvalue weighted by atomic mass is 9.95. The molecule has 2 amide bonds. The van der Waals surface area contributed by atoms with Crippen LogP contribution in [0.15, 0.2) is 24.3 Å². The van der Waals surface area contributed by atoms with Crippen LogP contribution in [0.1, 0.15) is 42.9 Å². The zero-order chi connectivity index (χ0) is 25.4. The van der Waals surface area contributed by atoms with Gasteiger partial charge in [-0.2, -0.15) is 22.3 Å². The second-order valence-electron chi connectivity index (χ2n) is 10.5. The van der Waals surface area contributed by atoms with Gasteiger partial charge in [0.15, 0.2) is 0 Å². The number of carbonyl (C=O) groups excluding carboxylic acids is 2. The first-order valence-corrected chi connectivity index (χ1v) is 14.2. The highest BCUT2D eigenvalue weighted by Gasteiger charge is 2.44. The average molecular weight is 515 g/mol. The fourth-order valence-electron chi connectivity index (χ4n) is 5.94. The Hall–Kier alpha value is -2.52. The first-order valence-electron chi connectivity index (χ1n) is 12.8. The lowest BCUT2D eigenvalue weighted by molar-refractivity contribution is -0.142. The second-order valence-corrected chi connectivity index (χ2v) is 12.4. The summed E-state index contributed by atoms with van der Waals surface area (Å²) in [6.07, 6.45) is 2.57. The molecule has 4 aliphatic rings. The molecule has 0 spiro atoms. The number of amides is 2. The van der Waals surface area contributed by atoms with Gasteiger partial charge in [-0.1, -0.05) is 24.3 Å². The van der Waals surface area contributed by atoms with Crippen LogP contribution in [0.3, 0.4) is 0 Å². The molecule has 1 aromatic carbocycles. The van der Waals surface area contributed by atoms with Crippen LogP contribution in [0.2, 0.25) is 0 Å². The van der Waals surface area contributed by atoms with Gasteiger partial charge < -0.3 is 10.2 Å². The van der Waals surface area contributed by atoms with E-state index in [0.717, 1.165) is 18.5 Å². The first-order chi connectivity index (χ1) is 17.3. The van der Waals surface area contributed by atoms with Crippen LogP contribution in [-0.4, -0.2) is 91.0 Å². The molecular formula is C25H34N6O4S. The van der Waals surface area contributed by atoms with Crippen molar-refractivity contribution in [2.24, 2.45) is 11.8 Å². The van der Waals surface area contributed by atoms with Gasteiger partial charge in [-0.15, -0.1) is 0 Å². The number of nitrogens with zero attached hydrogens (tertiary/aromatic N) is 5. The summed E-state index contributed by atoms with van der Waals surface area (Å²) in [6.45, 7) is 2.98. The summed E-state index contributed by atoms with van der Waals surface area (Å²) in [7, 11) is -1.65. The zero-order valence-corrected chi connectivity index (χ0v) is 21.5. The summed E-state index contributed by atoms with van der Waals surface area (Å²) in [5, 5.41) is 12.2. The van der Waals surface area contributed by atoms with Crippen molar-refractivity contribution < 1.29 is 18.0 Å². The SMILES string of the molecule is CN1Cc2ccccc2[C@@H](NC(=O)[C@H]2CCCN2C(=O)[C@H]2CCCN(S(=O)(=O)N3CC(C#N)C3)C2)C1. The van der Waals surface area contributed by atoms with E-state index in [1.54, 1.807) is 4.90 Å². The smallest absolute Gasteiger partial charge is 0.282 e. The van der Waals surface area contributed by atoms with E-state index < -0.39 is 22.2 Å². The van der Waals surface area contributed by atoms with Crippen molar-refractivity contribution in [3.8, 4) is 6.07 Å². The molecule has 0 aliphatic carbocycles. The number of nitrogens with one attached hydrogen (secondary N) is 1. The normalized spacial score (nSPS) is 28.2. The number of likely N-dealkylation sites (N-methyl/N-ethyl adjacent to an activating group) is 1. The van der Waals surface area contributed by atoms with Gasteiger partial charge in [0.05, 0.1) is 23.9 Å². The Kier molecular flexibility index (Phi) is 7.05. The molecule has 0 saturated carbocycles. The Morgan fingerprint density at radius 3 is 2.56 bits per heavy atom. The van der Waals surface area contributed by atoms with Crippen LogP contribution in [0, 0.1) is 23.2 Å². The van der Waals surface area contributed by atoms with Gasteiger partial charge in [0.25, 0.3) is 10.2 Å². The first kappa shape index (κ1) is 25.1. The second kappa shape index (κ2) is 10.1. The monoisotopic (exact) mass is 514 g/mol. The van der Waals surface area contributed by atoms with E-state index in [1.807, 2.05) is 19.2 Å². The molecule has 194 valence electrons. The summed E-state index contributed by atoms with van der Waals surface area (Å²) in [4.78, 5) is 30.8. The predicted octanol–water partition coefficient (Wildman–Crippen LogP) is 0.692. The molecular weight excluding hydrogens is 480 g/mol. The highest BCUT2D eigenvalue weighted by molar-refractivity contribution is 7.86. The lowest BCUT2D eigenvalue weighted by Crippen LogP contribution is -2.57. The number of piperidine rings is 1. The largest absolute Gasteiger partial charge is 0.346 e. The molecule has 11 heteroatoms. The third kappa shape index (κ3) is 4.75. The van der Waals surface area contributed by atoms with Gasteiger partial charge in [-0.3, -0.25) is 14.5 Å². The molecule has 3 saturated heterocycles. The molecule has 0 aromatic heterocycles. The van der Waals surface area contributed by atoms with Crippen LogP contribution in [0.25, 0.3) is 0 Å². The Bertz CT molecular complexity index is 1160. The maximum atomic E-state index is 13.5. The standard InChI is InChI=1S/C25H34N6O4S/c1-28-15-19-6-2-3-8-21(19)22(17-28)27-24(32)23-9-5-11-31(23)25(33)20-7-4-10-29(16-20)36(34,35)30-13-18(12-26)14-30/h2-3,6,8,18,20,22-23H,4-5,7,9-11,13-17H2,1H3,(H,27,32)/t20-,22-,23+/m0/s1. The number of carbonyl (C=O) groups is 2. The minimum atomic E-state index is -3.68. The number of rotatable bonds is 5. The maximum absolute atomic E-state index is 13.5. The molecule has 3 fully saturated rings. The van der Waals surface area contributed by atoms with E-state index in [4.69, 9.17) is 5.26 Å². The summed E-state index contributed by atoms with van der Waals surface area (Å²) in [6, 6.07) is 9.56. The van der Waals surface area contributed by atoms with Crippen LogP contribution < -0.4 is 5.32 Å². The minimum Gasteiger partial charge on any atom is -0.346 e. The van der Waals surface area contributed by atoms with Crippen LogP contribution in [0.5, 0.6) is 0 Å². The van der Waals surface area contributed by atoms with Gasteiger partial charge in [0, 0.05) is 45.8 Å². The van der Waals surface area contributed by atoms with Crippen molar-refractivity contribution in [2.45, 2.75) is 44.3 Å². The summed E-state index contributed by atoms with van der Waals surface area (Å²) >= 11 is 0. The van der Waals surface area contributed by atoms with Gasteiger partial charge in [0.2, 0.25) is 11.8 Å². The quantitative estimate of drug-likeness (QED) is 0.618. The van der Waals surface area contributed by atoms with Crippen LogP contribution in [-0.2, 0) is 26.3 Å². The van der Waals surface area contributed by atoms with Gasteiger partial charge >= 0.3 is 0 Å². The molecule has 4 heterocycles. The molecule has 3 atom stereocenters. The topological polar surface area (TPSA) is 117 Å². The average Bonchev–Trinajstić information content (AvgIpc) is 3.33. The van der Waals surface area contributed by atoms with Crippen molar-refractivity contribution in [1.29, 1.82) is 5.26 Å². The Morgan fingerprint density at radius 2 is 1.78 bits per heavy atom. The number of likely N-dealkylation sites (tertiary alicyclic amines) is 1. The highest BCUT2D eigenvalue weighted by atomic mass is 32.2. The van der Waals surface area contributed by atoms with Crippen molar-refractivity contribution in [3.63, 3.8) is 0 Å². The van der Waals surface area contributed by atoms with E-state index in [2.05, 4.69) is 28.4 Å². The third-order valence-electron chi connectivity index (χ3n) is 7.94. The number of hydrogen-bond acceptors (Lipinski definition) is 6. The van der Waals surface area contributed by atoms with E-state index in [-0.39, 0.29) is 43.4 Å². The van der Waals surface area contributed by atoms with E-state index in [9.17, 15) is 18.0 Å². The minimum absolute atomic E-state index is 0.126. The molecule has 0 radical (unpaired) electrons. The molecule has 4 aliphatic heterocycles. The van der Waals surface area contributed by atoms with E-state index in [0.29, 0.717) is 38.9 Å². The lowest BCUT2D eigenvalue weighted by Gasteiger charge is -2.41. The van der Waals surface area contributed by atoms with Crippen LogP contribution in [0.4, 0.5) is 0 Å². The van der Waals surface area contributed by atoms with Gasteiger partial charge in [-0.25, -0.2) is 0 Å². The summed E-state index contributed by atoms with van der Waals surface area (Å²) in [5.41, 5.74) is 2.32. The van der Waals surface area contributed by atoms with Gasteiger partial charge in [-0.05, 0) is 43.9 Å². The fourth-order valence-corrected chi connectivity index (χ4v) is 7.73.